The molecule has 0 saturated heterocycles. The summed E-state index contributed by atoms with van der Waals surface area (Å²) < 4.78 is 21.9. The van der Waals surface area contributed by atoms with Gasteiger partial charge in [-0.25, -0.2) is 8.42 Å². The van der Waals surface area contributed by atoms with Crippen molar-refractivity contribution in [3.63, 3.8) is 0 Å². The summed E-state index contributed by atoms with van der Waals surface area (Å²) >= 11 is 0. The van der Waals surface area contributed by atoms with E-state index in [4.69, 9.17) is 5.73 Å². The highest BCUT2D eigenvalue weighted by Crippen LogP contribution is 2.23. The Morgan fingerprint density at radius 1 is 1.31 bits per heavy atom. The van der Waals surface area contributed by atoms with Crippen LogP contribution in [0.2, 0.25) is 0 Å². The molecule has 2 unspecified atom stereocenters. The summed E-state index contributed by atoms with van der Waals surface area (Å²) in [5, 5.41) is 3.45. The fourth-order valence-corrected chi connectivity index (χ4v) is 3.05. The van der Waals surface area contributed by atoms with Gasteiger partial charge < -0.3 is 11.1 Å². The molecule has 0 radical (unpaired) electrons. The minimum atomic E-state index is -2.81. The van der Waals surface area contributed by atoms with Gasteiger partial charge >= 0.3 is 0 Å². The minimum Gasteiger partial charge on any atom is -0.330 e. The molecule has 0 aromatic carbocycles. The maximum absolute atomic E-state index is 11.0. The lowest BCUT2D eigenvalue weighted by molar-refractivity contribution is 0.269. The van der Waals surface area contributed by atoms with Gasteiger partial charge in [-0.3, -0.25) is 0 Å². The van der Waals surface area contributed by atoms with Crippen molar-refractivity contribution in [2.45, 2.75) is 38.1 Å². The van der Waals surface area contributed by atoms with E-state index in [9.17, 15) is 8.42 Å². The van der Waals surface area contributed by atoms with Crippen LogP contribution in [0.3, 0.4) is 0 Å². The molecule has 5 heteroatoms. The first-order valence-electron chi connectivity index (χ1n) is 6.14. The molecule has 96 valence electrons. The zero-order valence-corrected chi connectivity index (χ0v) is 10.9. The molecule has 2 atom stereocenters. The summed E-state index contributed by atoms with van der Waals surface area (Å²) in [6.45, 7) is 1.53. The maximum atomic E-state index is 11.0. The van der Waals surface area contributed by atoms with Gasteiger partial charge in [0.15, 0.2) is 0 Å². The number of hydrogen-bond donors (Lipinski definition) is 2. The van der Waals surface area contributed by atoms with Crippen molar-refractivity contribution in [2.75, 3.05) is 25.1 Å². The van der Waals surface area contributed by atoms with Gasteiger partial charge in [-0.2, -0.15) is 0 Å². The van der Waals surface area contributed by atoms with Gasteiger partial charge in [-0.15, -0.1) is 0 Å². The third-order valence-corrected chi connectivity index (χ3v) is 4.34. The zero-order valence-electron chi connectivity index (χ0n) is 10.1. The van der Waals surface area contributed by atoms with Crippen molar-refractivity contribution >= 4 is 9.84 Å². The lowest BCUT2D eigenvalue weighted by Gasteiger charge is -2.31. The van der Waals surface area contributed by atoms with E-state index >= 15 is 0 Å². The predicted molar refractivity (Wildman–Crippen MR) is 67.1 cm³/mol. The highest BCUT2D eigenvalue weighted by atomic mass is 32.2. The molecule has 16 heavy (non-hydrogen) atoms. The summed E-state index contributed by atoms with van der Waals surface area (Å²) in [5.41, 5.74) is 5.73. The number of rotatable bonds is 6. The molecule has 1 fully saturated rings. The van der Waals surface area contributed by atoms with Gasteiger partial charge in [-0.1, -0.05) is 12.8 Å². The van der Waals surface area contributed by atoms with Crippen LogP contribution < -0.4 is 11.1 Å². The molecule has 1 aliphatic rings. The minimum absolute atomic E-state index is 0.278. The molecule has 4 nitrogen and oxygen atoms in total. The van der Waals surface area contributed by atoms with Crippen LogP contribution in [0.5, 0.6) is 0 Å². The second kappa shape index (κ2) is 6.57. The highest BCUT2D eigenvalue weighted by Gasteiger charge is 2.22. The number of nitrogens with one attached hydrogen (secondary N) is 1. The highest BCUT2D eigenvalue weighted by molar-refractivity contribution is 7.90. The Balaban J connectivity index is 2.20. The van der Waals surface area contributed by atoms with Crippen LogP contribution in [0, 0.1) is 5.92 Å². The zero-order chi connectivity index (χ0) is 12.0. The monoisotopic (exact) mass is 248 g/mol. The van der Waals surface area contributed by atoms with Crippen molar-refractivity contribution in [1.82, 2.24) is 5.32 Å². The molecular formula is C11H24N2O2S. The predicted octanol–water partition coefficient (Wildman–Crippen LogP) is 0.528. The summed E-state index contributed by atoms with van der Waals surface area (Å²) in [5.74, 6) is 0.854. The van der Waals surface area contributed by atoms with Crippen molar-refractivity contribution in [2.24, 2.45) is 11.7 Å². The Bertz CT molecular complexity index is 290. The molecule has 1 rings (SSSR count). The van der Waals surface area contributed by atoms with E-state index in [0.717, 1.165) is 13.1 Å². The van der Waals surface area contributed by atoms with Crippen molar-refractivity contribution in [3.05, 3.63) is 0 Å². The standard InChI is InChI=1S/C11H24N2O2S/c1-16(14,15)8-4-7-13-11-6-3-2-5-10(11)9-12/h10-11,13H,2-9,12H2,1H3. The topological polar surface area (TPSA) is 72.2 Å². The Morgan fingerprint density at radius 3 is 2.62 bits per heavy atom. The molecule has 0 aliphatic heterocycles. The van der Waals surface area contributed by atoms with E-state index in [1.165, 1.54) is 31.9 Å². The van der Waals surface area contributed by atoms with Gasteiger partial charge in [0.1, 0.15) is 9.84 Å². The molecule has 3 N–H and O–H groups in total. The largest absolute Gasteiger partial charge is 0.330 e. The number of sulfone groups is 1. The average molecular weight is 248 g/mol. The molecular weight excluding hydrogens is 224 g/mol. The van der Waals surface area contributed by atoms with E-state index in [1.54, 1.807) is 0 Å². The third-order valence-electron chi connectivity index (χ3n) is 3.31. The van der Waals surface area contributed by atoms with Crippen LogP contribution in [-0.2, 0) is 9.84 Å². The number of nitrogens with two attached hydrogens (primary N) is 1. The van der Waals surface area contributed by atoms with E-state index in [-0.39, 0.29) is 5.75 Å². The van der Waals surface area contributed by atoms with Gasteiger partial charge in [0.2, 0.25) is 0 Å². The second-order valence-corrected chi connectivity index (χ2v) is 7.08. The van der Waals surface area contributed by atoms with Gasteiger partial charge in [0, 0.05) is 12.3 Å². The maximum Gasteiger partial charge on any atom is 0.147 e. The smallest absolute Gasteiger partial charge is 0.147 e. The van der Waals surface area contributed by atoms with Gasteiger partial charge in [-0.05, 0) is 38.3 Å². The molecule has 1 aliphatic carbocycles. The molecule has 0 bridgehead atoms. The van der Waals surface area contributed by atoms with E-state index in [2.05, 4.69) is 5.32 Å². The Morgan fingerprint density at radius 2 is 2.00 bits per heavy atom. The second-order valence-electron chi connectivity index (χ2n) is 4.82. The third kappa shape index (κ3) is 5.27. The van der Waals surface area contributed by atoms with E-state index in [0.29, 0.717) is 18.4 Å². The number of hydrogen-bond acceptors (Lipinski definition) is 4. The normalized spacial score (nSPS) is 26.9. The van der Waals surface area contributed by atoms with E-state index < -0.39 is 9.84 Å². The molecule has 0 spiro atoms. The summed E-state index contributed by atoms with van der Waals surface area (Å²) in [6, 6.07) is 0.498. The fraction of sp³-hybridized carbons (Fsp3) is 1.00. The Kier molecular flexibility index (Phi) is 5.72. The molecule has 1 saturated carbocycles. The summed E-state index contributed by atoms with van der Waals surface area (Å²) in [6.07, 6.45) is 6.92. The van der Waals surface area contributed by atoms with Crippen LogP contribution >= 0.6 is 0 Å². The first-order valence-corrected chi connectivity index (χ1v) is 8.20. The van der Waals surface area contributed by atoms with Gasteiger partial charge in [0.25, 0.3) is 0 Å². The van der Waals surface area contributed by atoms with Gasteiger partial charge in [0.05, 0.1) is 5.75 Å². The lowest BCUT2D eigenvalue weighted by atomic mass is 9.84. The first kappa shape index (κ1) is 13.9. The van der Waals surface area contributed by atoms with Crippen LogP contribution in [0.4, 0.5) is 0 Å². The molecule has 0 amide bonds. The van der Waals surface area contributed by atoms with Crippen molar-refractivity contribution in [3.8, 4) is 0 Å². The summed E-state index contributed by atoms with van der Waals surface area (Å²) in [7, 11) is -2.81. The average Bonchev–Trinajstić information content (AvgIpc) is 2.23. The molecule has 0 heterocycles. The summed E-state index contributed by atoms with van der Waals surface area (Å²) in [4.78, 5) is 0. The fourth-order valence-electron chi connectivity index (χ4n) is 2.38. The SMILES string of the molecule is CS(=O)(=O)CCCNC1CCCCC1CN. The van der Waals surface area contributed by atoms with Crippen LogP contribution in [0.25, 0.3) is 0 Å². The lowest BCUT2D eigenvalue weighted by Crippen LogP contribution is -2.42. The van der Waals surface area contributed by atoms with Crippen molar-refractivity contribution < 1.29 is 8.42 Å². The molecule has 0 aromatic heterocycles. The molecule has 0 aromatic rings. The van der Waals surface area contributed by atoms with Crippen LogP contribution in [0.15, 0.2) is 0 Å². The van der Waals surface area contributed by atoms with E-state index in [1.807, 2.05) is 0 Å². The first-order chi connectivity index (χ1) is 7.53. The van der Waals surface area contributed by atoms with Crippen LogP contribution in [0.1, 0.15) is 32.1 Å². The Labute approximate surface area is 98.9 Å². The van der Waals surface area contributed by atoms with Crippen molar-refractivity contribution in [1.29, 1.82) is 0 Å². The quantitative estimate of drug-likeness (QED) is 0.673. The Hall–Kier alpha value is -0.130. The van der Waals surface area contributed by atoms with Crippen LogP contribution in [-0.4, -0.2) is 39.6 Å².